The van der Waals surface area contributed by atoms with E-state index in [-0.39, 0.29) is 25.1 Å². The Kier molecular flexibility index (Phi) is 8.33. The molecule has 4 aromatic carbocycles. The summed E-state index contributed by atoms with van der Waals surface area (Å²) in [5.74, 6) is -6.16. The fourth-order valence-corrected chi connectivity index (χ4v) is 4.92. The molecule has 4 aromatic rings. The lowest BCUT2D eigenvalue weighted by molar-refractivity contribution is -0.155. The SMILES string of the molecule is COc1ccc2c(c1OCc1ccccc1)C[C@H](C(=O)O)N(C(=O)[C@H](Oc1c(F)cc(F)cc1F)c1ccccc1)C2. The summed E-state index contributed by atoms with van der Waals surface area (Å²) < 4.78 is 59.8. The van der Waals surface area contributed by atoms with Crippen LogP contribution in [0.4, 0.5) is 13.2 Å². The largest absolute Gasteiger partial charge is 0.493 e. The van der Waals surface area contributed by atoms with Crippen LogP contribution in [0.25, 0.3) is 0 Å². The normalized spacial score (nSPS) is 15.0. The molecule has 1 aliphatic rings. The number of carboxylic acids is 1. The molecule has 0 spiro atoms. The van der Waals surface area contributed by atoms with Crippen molar-refractivity contribution in [2.75, 3.05) is 7.11 Å². The molecule has 0 aromatic heterocycles. The average molecular weight is 578 g/mol. The van der Waals surface area contributed by atoms with Gasteiger partial charge in [-0.05, 0) is 17.2 Å². The third-order valence-corrected chi connectivity index (χ3v) is 6.98. The quantitative estimate of drug-likeness (QED) is 0.269. The van der Waals surface area contributed by atoms with Crippen molar-refractivity contribution in [2.45, 2.75) is 31.7 Å². The molecule has 1 N–H and O–H groups in total. The van der Waals surface area contributed by atoms with Gasteiger partial charge in [-0.2, -0.15) is 0 Å². The molecule has 0 radical (unpaired) electrons. The van der Waals surface area contributed by atoms with Crippen molar-refractivity contribution >= 4 is 11.9 Å². The Morgan fingerprint density at radius 1 is 0.929 bits per heavy atom. The standard InChI is InChI=1S/C32H26F3NO6/c1-40-27-13-12-21-17-36(26(32(38)39)16-23(21)29(27)41-18-19-8-4-2-5-9-19)31(37)28(20-10-6-3-7-11-20)42-30-24(34)14-22(33)15-25(30)35/h2-15,26,28H,16-18H2,1H3,(H,38,39)/t26-,28-/m1/s1. The number of carbonyl (C=O) groups excluding carboxylic acids is 1. The first kappa shape index (κ1) is 28.5. The number of aliphatic carboxylic acids is 1. The van der Waals surface area contributed by atoms with E-state index in [1.54, 1.807) is 30.3 Å². The molecule has 42 heavy (non-hydrogen) atoms. The van der Waals surface area contributed by atoms with Crippen LogP contribution >= 0.6 is 0 Å². The van der Waals surface area contributed by atoms with Crippen LogP contribution in [0.2, 0.25) is 0 Å². The number of ether oxygens (including phenoxy) is 3. The average Bonchev–Trinajstić information content (AvgIpc) is 2.99. The second-order valence-corrected chi connectivity index (χ2v) is 9.64. The first-order valence-corrected chi connectivity index (χ1v) is 13.0. The fourth-order valence-electron chi connectivity index (χ4n) is 4.92. The molecule has 0 unspecified atom stereocenters. The fraction of sp³-hybridized carbons (Fsp3) is 0.188. The van der Waals surface area contributed by atoms with Crippen LogP contribution in [0.1, 0.15) is 28.4 Å². The Morgan fingerprint density at radius 2 is 1.57 bits per heavy atom. The summed E-state index contributed by atoms with van der Waals surface area (Å²) in [6.07, 6.45) is -1.76. The van der Waals surface area contributed by atoms with Crippen LogP contribution in [0.3, 0.4) is 0 Å². The van der Waals surface area contributed by atoms with E-state index in [0.717, 1.165) is 10.5 Å². The third kappa shape index (κ3) is 5.88. The molecule has 1 amide bonds. The summed E-state index contributed by atoms with van der Waals surface area (Å²) in [6.45, 7) is 0.0463. The highest BCUT2D eigenvalue weighted by atomic mass is 19.1. The maximum Gasteiger partial charge on any atom is 0.326 e. The highest BCUT2D eigenvalue weighted by molar-refractivity contribution is 5.88. The van der Waals surface area contributed by atoms with Crippen molar-refractivity contribution in [3.63, 3.8) is 0 Å². The van der Waals surface area contributed by atoms with Crippen LogP contribution in [0.15, 0.2) is 84.9 Å². The van der Waals surface area contributed by atoms with Crippen LogP contribution in [-0.2, 0) is 29.2 Å². The molecule has 0 saturated heterocycles. The monoisotopic (exact) mass is 577 g/mol. The van der Waals surface area contributed by atoms with E-state index in [0.29, 0.717) is 34.8 Å². The number of hydrogen-bond acceptors (Lipinski definition) is 5. The molecule has 0 bridgehead atoms. The molecule has 0 fully saturated rings. The molecule has 10 heteroatoms. The zero-order valence-electron chi connectivity index (χ0n) is 22.4. The van der Waals surface area contributed by atoms with Gasteiger partial charge in [0.05, 0.1) is 7.11 Å². The predicted octanol–water partition coefficient (Wildman–Crippen LogP) is 5.85. The van der Waals surface area contributed by atoms with Gasteiger partial charge in [-0.25, -0.2) is 18.0 Å². The number of carboxylic acid groups (broad SMARTS) is 1. The Balaban J connectivity index is 1.51. The van der Waals surface area contributed by atoms with E-state index in [1.165, 1.54) is 19.2 Å². The van der Waals surface area contributed by atoms with Crippen LogP contribution in [-0.4, -0.2) is 35.0 Å². The molecule has 1 heterocycles. The number of benzene rings is 4. The first-order valence-electron chi connectivity index (χ1n) is 13.0. The molecule has 2 atom stereocenters. The second-order valence-electron chi connectivity index (χ2n) is 9.64. The molecule has 0 saturated carbocycles. The smallest absolute Gasteiger partial charge is 0.326 e. The maximum absolute atomic E-state index is 14.6. The Bertz CT molecular complexity index is 1580. The van der Waals surface area contributed by atoms with E-state index in [4.69, 9.17) is 14.2 Å². The minimum Gasteiger partial charge on any atom is -0.493 e. The van der Waals surface area contributed by atoms with Crippen LogP contribution in [0.5, 0.6) is 17.2 Å². The van der Waals surface area contributed by atoms with Crippen molar-refractivity contribution in [3.8, 4) is 17.2 Å². The van der Waals surface area contributed by atoms with Gasteiger partial charge in [-0.1, -0.05) is 66.7 Å². The number of amides is 1. The molecule has 216 valence electrons. The number of methoxy groups -OCH3 is 1. The topological polar surface area (TPSA) is 85.3 Å². The summed E-state index contributed by atoms with van der Waals surface area (Å²) >= 11 is 0. The zero-order chi connectivity index (χ0) is 29.8. The lowest BCUT2D eigenvalue weighted by Crippen LogP contribution is -2.51. The molecular formula is C32H26F3NO6. The number of rotatable bonds is 9. The summed E-state index contributed by atoms with van der Waals surface area (Å²) in [6, 6.07) is 20.2. The van der Waals surface area contributed by atoms with Crippen molar-refractivity contribution in [1.29, 1.82) is 0 Å². The van der Waals surface area contributed by atoms with Gasteiger partial charge < -0.3 is 24.2 Å². The van der Waals surface area contributed by atoms with Crippen molar-refractivity contribution in [2.24, 2.45) is 0 Å². The molecule has 5 rings (SSSR count). The molecule has 7 nitrogen and oxygen atoms in total. The van der Waals surface area contributed by atoms with Crippen molar-refractivity contribution in [1.82, 2.24) is 4.90 Å². The van der Waals surface area contributed by atoms with Gasteiger partial charge >= 0.3 is 5.97 Å². The van der Waals surface area contributed by atoms with Gasteiger partial charge in [0.25, 0.3) is 5.91 Å². The number of fused-ring (bicyclic) bond motifs is 1. The highest BCUT2D eigenvalue weighted by Crippen LogP contribution is 2.40. The third-order valence-electron chi connectivity index (χ3n) is 6.98. The summed E-state index contributed by atoms with van der Waals surface area (Å²) in [7, 11) is 1.47. The predicted molar refractivity (Wildman–Crippen MR) is 146 cm³/mol. The highest BCUT2D eigenvalue weighted by Gasteiger charge is 2.41. The van der Waals surface area contributed by atoms with E-state index >= 15 is 0 Å². The van der Waals surface area contributed by atoms with Crippen LogP contribution < -0.4 is 14.2 Å². The Morgan fingerprint density at radius 3 is 2.19 bits per heavy atom. The summed E-state index contributed by atoms with van der Waals surface area (Å²) in [4.78, 5) is 27.6. The van der Waals surface area contributed by atoms with Crippen LogP contribution in [0, 0.1) is 17.5 Å². The van der Waals surface area contributed by atoms with Gasteiger partial charge in [-0.15, -0.1) is 0 Å². The van der Waals surface area contributed by atoms with E-state index < -0.39 is 47.2 Å². The van der Waals surface area contributed by atoms with Gasteiger partial charge in [0, 0.05) is 36.2 Å². The van der Waals surface area contributed by atoms with Gasteiger partial charge in [0.1, 0.15) is 18.5 Å². The van der Waals surface area contributed by atoms with Crippen molar-refractivity contribution < 1.29 is 42.1 Å². The van der Waals surface area contributed by atoms with E-state index in [2.05, 4.69) is 0 Å². The van der Waals surface area contributed by atoms with E-state index in [1.807, 2.05) is 30.3 Å². The first-order chi connectivity index (χ1) is 20.3. The second kappa shape index (κ2) is 12.3. The van der Waals surface area contributed by atoms with E-state index in [9.17, 15) is 27.9 Å². The molecule has 0 aliphatic carbocycles. The number of nitrogens with zero attached hydrogens (tertiary/aromatic N) is 1. The van der Waals surface area contributed by atoms with Crippen molar-refractivity contribution in [3.05, 3.63) is 125 Å². The lowest BCUT2D eigenvalue weighted by Gasteiger charge is -2.37. The minimum atomic E-state index is -1.63. The lowest BCUT2D eigenvalue weighted by atomic mass is 9.91. The maximum atomic E-state index is 14.6. The Hall–Kier alpha value is -4.99. The summed E-state index contributed by atoms with van der Waals surface area (Å²) in [5, 5.41) is 10.2. The number of carbonyl (C=O) groups is 2. The summed E-state index contributed by atoms with van der Waals surface area (Å²) in [5.41, 5.74) is 2.29. The molecule has 1 aliphatic heterocycles. The molecular weight excluding hydrogens is 551 g/mol. The number of hydrogen-bond donors (Lipinski definition) is 1. The van der Waals surface area contributed by atoms with Gasteiger partial charge in [-0.3, -0.25) is 4.79 Å². The van der Waals surface area contributed by atoms with Gasteiger partial charge in [0.2, 0.25) is 6.10 Å². The zero-order valence-corrected chi connectivity index (χ0v) is 22.4. The van der Waals surface area contributed by atoms with Gasteiger partial charge in [0.15, 0.2) is 28.9 Å². The minimum absolute atomic E-state index is 0.126. The number of halogens is 3. The Labute approximate surface area is 239 Å².